The van der Waals surface area contributed by atoms with E-state index in [4.69, 9.17) is 28.2 Å². The second kappa shape index (κ2) is 8.89. The van der Waals surface area contributed by atoms with Gasteiger partial charge < -0.3 is 9.73 Å². The Labute approximate surface area is 206 Å². The van der Waals surface area contributed by atoms with Gasteiger partial charge in [-0.3, -0.25) is 10.1 Å². The SMILES string of the molecule is Cc1ccc2nc(-c3ccc(C)c(NC(=S)NC(=O)c4cccc5c(Cl)cccc45)c3)oc2c1. The van der Waals surface area contributed by atoms with E-state index in [1.807, 2.05) is 68.4 Å². The summed E-state index contributed by atoms with van der Waals surface area (Å²) in [6.07, 6.45) is 0. The van der Waals surface area contributed by atoms with Gasteiger partial charge in [0.2, 0.25) is 5.89 Å². The zero-order chi connectivity index (χ0) is 23.8. The van der Waals surface area contributed by atoms with Crippen LogP contribution in [0.5, 0.6) is 0 Å². The van der Waals surface area contributed by atoms with Crippen LogP contribution in [0, 0.1) is 13.8 Å². The van der Waals surface area contributed by atoms with Crippen molar-refractivity contribution in [3.63, 3.8) is 0 Å². The van der Waals surface area contributed by atoms with Crippen LogP contribution in [-0.2, 0) is 0 Å². The van der Waals surface area contributed by atoms with E-state index >= 15 is 0 Å². The van der Waals surface area contributed by atoms with Gasteiger partial charge >= 0.3 is 0 Å². The maximum atomic E-state index is 13.0. The fourth-order valence-electron chi connectivity index (χ4n) is 3.84. The van der Waals surface area contributed by atoms with Crippen LogP contribution in [0.15, 0.2) is 77.2 Å². The van der Waals surface area contributed by atoms with Crippen molar-refractivity contribution in [2.75, 3.05) is 5.32 Å². The van der Waals surface area contributed by atoms with Crippen LogP contribution in [0.3, 0.4) is 0 Å². The van der Waals surface area contributed by atoms with E-state index in [-0.39, 0.29) is 11.0 Å². The summed E-state index contributed by atoms with van der Waals surface area (Å²) in [5.74, 6) is 0.208. The number of halogens is 1. The molecule has 0 atom stereocenters. The standard InChI is InChI=1S/C27H20ClN3O2S/c1-15-9-12-22-24(13-15)33-26(29-22)17-11-10-16(2)23(14-17)30-27(34)31-25(32)20-7-3-6-19-18(20)5-4-8-21(19)28/h3-14H,1-2H3,(H2,30,31,32,34). The molecule has 0 saturated carbocycles. The summed E-state index contributed by atoms with van der Waals surface area (Å²) < 4.78 is 5.96. The summed E-state index contributed by atoms with van der Waals surface area (Å²) in [7, 11) is 0. The highest BCUT2D eigenvalue weighted by Crippen LogP contribution is 2.29. The minimum absolute atomic E-state index is 0.192. The summed E-state index contributed by atoms with van der Waals surface area (Å²) in [6.45, 7) is 3.97. The summed E-state index contributed by atoms with van der Waals surface area (Å²) >= 11 is 11.7. The Kier molecular flexibility index (Phi) is 5.77. The van der Waals surface area contributed by atoms with Crippen molar-refractivity contribution in [2.24, 2.45) is 0 Å². The number of hydrogen-bond acceptors (Lipinski definition) is 4. The van der Waals surface area contributed by atoms with Gasteiger partial charge in [-0.2, -0.15) is 0 Å². The van der Waals surface area contributed by atoms with Gasteiger partial charge in [0, 0.05) is 27.2 Å². The molecule has 34 heavy (non-hydrogen) atoms. The van der Waals surface area contributed by atoms with E-state index in [2.05, 4.69) is 15.6 Å². The molecule has 7 heteroatoms. The average Bonchev–Trinajstić information content (AvgIpc) is 3.23. The molecular weight excluding hydrogens is 466 g/mol. The number of fused-ring (bicyclic) bond motifs is 2. The summed E-state index contributed by atoms with van der Waals surface area (Å²) in [5, 5.41) is 8.26. The smallest absolute Gasteiger partial charge is 0.258 e. The molecule has 0 aliphatic carbocycles. The number of aromatic nitrogens is 1. The predicted molar refractivity (Wildman–Crippen MR) is 142 cm³/mol. The lowest BCUT2D eigenvalue weighted by molar-refractivity contribution is 0.0979. The molecule has 0 bridgehead atoms. The first kappa shape index (κ1) is 22.1. The van der Waals surface area contributed by atoms with Crippen LogP contribution >= 0.6 is 23.8 Å². The molecule has 5 rings (SSSR count). The Morgan fingerprint density at radius 2 is 1.76 bits per heavy atom. The molecule has 0 aliphatic rings. The van der Waals surface area contributed by atoms with Gasteiger partial charge in [-0.15, -0.1) is 0 Å². The third-order valence-corrected chi connectivity index (χ3v) is 6.15. The molecule has 5 aromatic rings. The van der Waals surface area contributed by atoms with Gasteiger partial charge in [-0.05, 0) is 79.0 Å². The van der Waals surface area contributed by atoms with Gasteiger partial charge in [0.05, 0.1) is 0 Å². The van der Waals surface area contributed by atoms with Crippen molar-refractivity contribution in [1.29, 1.82) is 0 Å². The second-order valence-corrected chi connectivity index (χ2v) is 8.88. The molecule has 0 unspecified atom stereocenters. The van der Waals surface area contributed by atoms with Crippen LogP contribution in [0.1, 0.15) is 21.5 Å². The molecule has 1 aromatic heterocycles. The van der Waals surface area contributed by atoms with Gasteiger partial charge in [-0.1, -0.05) is 48.0 Å². The predicted octanol–water partition coefficient (Wildman–Crippen LogP) is 7.05. The minimum atomic E-state index is -0.312. The zero-order valence-corrected chi connectivity index (χ0v) is 20.1. The van der Waals surface area contributed by atoms with Gasteiger partial charge in [0.1, 0.15) is 5.52 Å². The number of rotatable bonds is 3. The molecule has 1 amide bonds. The van der Waals surface area contributed by atoms with E-state index in [9.17, 15) is 4.79 Å². The number of thiocarbonyl (C=S) groups is 1. The molecular formula is C27H20ClN3O2S. The Bertz CT molecular complexity index is 1590. The van der Waals surface area contributed by atoms with Crippen LogP contribution in [-0.4, -0.2) is 16.0 Å². The van der Waals surface area contributed by atoms with Gasteiger partial charge in [-0.25, -0.2) is 4.98 Å². The fraction of sp³-hybridized carbons (Fsp3) is 0.0741. The summed E-state index contributed by atoms with van der Waals surface area (Å²) in [6, 6.07) is 22.6. The van der Waals surface area contributed by atoms with Gasteiger partial charge in [0.25, 0.3) is 5.91 Å². The number of carbonyl (C=O) groups excluding carboxylic acids is 1. The average molecular weight is 486 g/mol. The highest BCUT2D eigenvalue weighted by molar-refractivity contribution is 7.80. The Balaban J connectivity index is 1.38. The molecule has 0 fully saturated rings. The van der Waals surface area contributed by atoms with Gasteiger partial charge in [0.15, 0.2) is 10.7 Å². The van der Waals surface area contributed by atoms with E-state index in [0.717, 1.165) is 44.2 Å². The summed E-state index contributed by atoms with van der Waals surface area (Å²) in [5.41, 5.74) is 5.66. The number of nitrogens with zero attached hydrogens (tertiary/aromatic N) is 1. The van der Waals surface area contributed by atoms with Crippen LogP contribution in [0.4, 0.5) is 5.69 Å². The van der Waals surface area contributed by atoms with Crippen molar-refractivity contribution in [2.45, 2.75) is 13.8 Å². The normalized spacial score (nSPS) is 11.0. The first-order valence-corrected chi connectivity index (χ1v) is 11.5. The van der Waals surface area contributed by atoms with E-state index < -0.39 is 0 Å². The first-order valence-electron chi connectivity index (χ1n) is 10.7. The van der Waals surface area contributed by atoms with Crippen molar-refractivity contribution in [3.8, 4) is 11.5 Å². The van der Waals surface area contributed by atoms with E-state index in [0.29, 0.717) is 16.5 Å². The minimum Gasteiger partial charge on any atom is -0.436 e. The highest BCUT2D eigenvalue weighted by Gasteiger charge is 2.14. The molecule has 4 aromatic carbocycles. The first-order chi connectivity index (χ1) is 16.4. The topological polar surface area (TPSA) is 67.2 Å². The van der Waals surface area contributed by atoms with Crippen molar-refractivity contribution >= 4 is 62.4 Å². The lowest BCUT2D eigenvalue weighted by Crippen LogP contribution is -2.34. The van der Waals surface area contributed by atoms with E-state index in [1.54, 1.807) is 18.2 Å². The molecule has 168 valence electrons. The third kappa shape index (κ3) is 4.25. The number of nitrogens with one attached hydrogen (secondary N) is 2. The number of oxazole rings is 1. The molecule has 5 nitrogen and oxygen atoms in total. The number of carbonyl (C=O) groups is 1. The van der Waals surface area contributed by atoms with Crippen molar-refractivity contribution in [1.82, 2.24) is 10.3 Å². The van der Waals surface area contributed by atoms with Crippen molar-refractivity contribution in [3.05, 3.63) is 94.5 Å². The van der Waals surface area contributed by atoms with Crippen molar-refractivity contribution < 1.29 is 9.21 Å². The molecule has 0 spiro atoms. The quantitative estimate of drug-likeness (QED) is 0.268. The third-order valence-electron chi connectivity index (χ3n) is 5.62. The molecule has 0 aliphatic heterocycles. The molecule has 0 saturated heterocycles. The number of amides is 1. The lowest BCUT2D eigenvalue weighted by Gasteiger charge is -2.13. The maximum Gasteiger partial charge on any atom is 0.258 e. The van der Waals surface area contributed by atoms with Crippen LogP contribution in [0.25, 0.3) is 33.3 Å². The zero-order valence-electron chi connectivity index (χ0n) is 18.5. The lowest BCUT2D eigenvalue weighted by atomic mass is 10.0. The number of aryl methyl sites for hydroxylation is 2. The number of anilines is 1. The molecule has 2 N–H and O–H groups in total. The second-order valence-electron chi connectivity index (χ2n) is 8.07. The van der Waals surface area contributed by atoms with Crippen LogP contribution in [0.2, 0.25) is 5.02 Å². The molecule has 1 heterocycles. The highest BCUT2D eigenvalue weighted by atomic mass is 35.5. The number of hydrogen-bond donors (Lipinski definition) is 2. The Hall–Kier alpha value is -3.74. The summed E-state index contributed by atoms with van der Waals surface area (Å²) in [4.78, 5) is 17.6. The Morgan fingerprint density at radius 1 is 0.971 bits per heavy atom. The maximum absolute atomic E-state index is 13.0. The Morgan fingerprint density at radius 3 is 2.62 bits per heavy atom. The van der Waals surface area contributed by atoms with Crippen LogP contribution < -0.4 is 10.6 Å². The largest absolute Gasteiger partial charge is 0.436 e. The number of benzene rings is 4. The molecule has 0 radical (unpaired) electrons. The fourth-order valence-corrected chi connectivity index (χ4v) is 4.28. The monoisotopic (exact) mass is 485 g/mol. The van der Waals surface area contributed by atoms with E-state index in [1.165, 1.54) is 0 Å².